The Morgan fingerprint density at radius 2 is 0.509 bits per heavy atom. The minimum absolute atomic E-state index is 0.0189. The van der Waals surface area contributed by atoms with Gasteiger partial charge < -0.3 is 18.9 Å². The predicted molar refractivity (Wildman–Crippen MR) is 463 cm³/mol. The molecule has 0 rings (SSSR count). The van der Waals surface area contributed by atoms with Crippen molar-refractivity contribution < 1.29 is 42.1 Å². The molecular formula is C96H161NO8P+. The molecule has 0 heterocycles. The fraction of sp³-hybridized carbons (Fsp3) is 0.646. The number of phosphoric acid groups is 1. The molecule has 0 aromatic heterocycles. The molecule has 0 aliphatic heterocycles. The van der Waals surface area contributed by atoms with Gasteiger partial charge in [0.1, 0.15) is 19.8 Å². The van der Waals surface area contributed by atoms with Crippen molar-refractivity contribution in [2.24, 2.45) is 0 Å². The lowest BCUT2D eigenvalue weighted by atomic mass is 10.0. The van der Waals surface area contributed by atoms with Crippen LogP contribution in [-0.2, 0) is 32.7 Å². The molecular weight excluding hydrogens is 1330 g/mol. The van der Waals surface area contributed by atoms with Gasteiger partial charge in [-0.15, -0.1) is 0 Å². The number of hydrogen-bond acceptors (Lipinski definition) is 7. The summed E-state index contributed by atoms with van der Waals surface area (Å²) in [6, 6.07) is 0. The van der Waals surface area contributed by atoms with E-state index in [-0.39, 0.29) is 32.0 Å². The lowest BCUT2D eigenvalue weighted by Gasteiger charge is -2.24. The fourth-order valence-electron chi connectivity index (χ4n) is 11.6. The topological polar surface area (TPSA) is 108 Å². The zero-order chi connectivity index (χ0) is 76.8. The van der Waals surface area contributed by atoms with Gasteiger partial charge in [0, 0.05) is 12.8 Å². The molecule has 0 fully saturated rings. The summed E-state index contributed by atoms with van der Waals surface area (Å²) in [5.74, 6) is -0.826. The molecule has 602 valence electrons. The Labute approximate surface area is 653 Å². The molecule has 0 saturated carbocycles. The number of phosphoric ester groups is 1. The Balaban J connectivity index is 4.02. The monoisotopic (exact) mass is 1490 g/mol. The van der Waals surface area contributed by atoms with Crippen molar-refractivity contribution in [2.45, 2.75) is 354 Å². The molecule has 0 spiro atoms. The van der Waals surface area contributed by atoms with Crippen LogP contribution in [0.25, 0.3) is 0 Å². The molecule has 2 unspecified atom stereocenters. The van der Waals surface area contributed by atoms with Crippen molar-refractivity contribution in [3.63, 3.8) is 0 Å². The number of allylic oxidation sites excluding steroid dienone is 32. The zero-order valence-corrected chi connectivity index (χ0v) is 69.7. The van der Waals surface area contributed by atoms with Crippen LogP contribution < -0.4 is 0 Å². The molecule has 0 radical (unpaired) electrons. The van der Waals surface area contributed by atoms with Gasteiger partial charge in [0.2, 0.25) is 0 Å². The number of unbranched alkanes of at least 4 members (excludes halogenated alkanes) is 32. The predicted octanol–water partition coefficient (Wildman–Crippen LogP) is 29.5. The maximum Gasteiger partial charge on any atom is 0.472 e. The van der Waals surface area contributed by atoms with E-state index in [0.29, 0.717) is 17.4 Å². The van der Waals surface area contributed by atoms with Gasteiger partial charge in [0.15, 0.2) is 6.10 Å². The Bertz CT molecular complexity index is 2510. The largest absolute Gasteiger partial charge is 0.472 e. The van der Waals surface area contributed by atoms with Crippen molar-refractivity contribution in [2.75, 3.05) is 47.5 Å². The lowest BCUT2D eigenvalue weighted by Crippen LogP contribution is -2.37. The molecule has 0 saturated heterocycles. The van der Waals surface area contributed by atoms with E-state index in [0.717, 1.165) is 148 Å². The molecule has 0 bridgehead atoms. The Morgan fingerprint density at radius 1 is 0.292 bits per heavy atom. The van der Waals surface area contributed by atoms with Crippen LogP contribution >= 0.6 is 7.82 Å². The first-order valence-electron chi connectivity index (χ1n) is 43.2. The van der Waals surface area contributed by atoms with Crippen molar-refractivity contribution in [3.8, 4) is 0 Å². The summed E-state index contributed by atoms with van der Waals surface area (Å²) >= 11 is 0. The summed E-state index contributed by atoms with van der Waals surface area (Å²) in [6.45, 7) is 4.19. The quantitative estimate of drug-likeness (QED) is 0.0211. The Kier molecular flexibility index (Phi) is 79.8. The smallest absolute Gasteiger partial charge is 0.462 e. The van der Waals surface area contributed by atoms with Crippen LogP contribution in [0.2, 0.25) is 0 Å². The average Bonchev–Trinajstić information content (AvgIpc) is 0.908. The van der Waals surface area contributed by atoms with Gasteiger partial charge in [-0.1, -0.05) is 388 Å². The zero-order valence-electron chi connectivity index (χ0n) is 68.8. The molecule has 0 aliphatic carbocycles. The van der Waals surface area contributed by atoms with Crippen LogP contribution in [0.1, 0.15) is 348 Å². The summed E-state index contributed by atoms with van der Waals surface area (Å²) < 4.78 is 34.8. The van der Waals surface area contributed by atoms with Crippen molar-refractivity contribution >= 4 is 19.8 Å². The van der Waals surface area contributed by atoms with Crippen LogP contribution in [0.3, 0.4) is 0 Å². The van der Waals surface area contributed by atoms with Crippen molar-refractivity contribution in [1.29, 1.82) is 0 Å². The number of carbonyl (C=O) groups is 2. The van der Waals surface area contributed by atoms with Crippen LogP contribution in [0.4, 0.5) is 0 Å². The number of rotatable bonds is 78. The second kappa shape index (κ2) is 83.9. The van der Waals surface area contributed by atoms with Crippen molar-refractivity contribution in [3.05, 3.63) is 194 Å². The first-order chi connectivity index (χ1) is 52.0. The second-order valence-corrected chi connectivity index (χ2v) is 30.9. The molecule has 1 N–H and O–H groups in total. The molecule has 2 atom stereocenters. The van der Waals surface area contributed by atoms with Crippen molar-refractivity contribution in [1.82, 2.24) is 0 Å². The van der Waals surface area contributed by atoms with Gasteiger partial charge in [-0.2, -0.15) is 0 Å². The summed E-state index contributed by atoms with van der Waals surface area (Å²) in [5, 5.41) is 0. The van der Waals surface area contributed by atoms with Gasteiger partial charge in [0.05, 0.1) is 27.7 Å². The molecule has 10 heteroatoms. The highest BCUT2D eigenvalue weighted by atomic mass is 31.2. The van der Waals surface area contributed by atoms with E-state index < -0.39 is 26.5 Å². The first-order valence-corrected chi connectivity index (χ1v) is 44.7. The van der Waals surface area contributed by atoms with Crippen LogP contribution in [0.15, 0.2) is 194 Å². The van der Waals surface area contributed by atoms with Gasteiger partial charge in [-0.05, 0) is 141 Å². The normalized spacial score (nSPS) is 14.0. The molecule has 106 heavy (non-hydrogen) atoms. The third kappa shape index (κ3) is 87.8. The second-order valence-electron chi connectivity index (χ2n) is 29.5. The summed E-state index contributed by atoms with van der Waals surface area (Å²) in [7, 11) is 1.45. The standard InChI is InChI=1S/C96H160NO8P/c1-6-8-10-12-14-16-18-20-22-24-26-28-30-32-34-36-38-40-42-44-46-48-50-52-54-56-58-60-62-64-66-68-70-72-74-76-78-80-82-84-86-88-95(98)102-92-94(93-104-106(100,101)103-91-90-97(3,4)5)105-96(99)89-87-85-83-81-79-77-75-73-71-69-67-65-63-61-59-57-55-53-51-49-47-45-43-41-39-37-35-33-31-29-27-25-23-21-19-17-15-13-11-9-7-2/h8-11,14-17,20-23,26-29,33,35,39,41,45,47,51,53,57,59,63,65,69,71,75,77,94H,6-7,12-13,18-19,24-25,30-32,34,36-38,40,42-44,46,48-50,52,54-56,58,60-62,64,66-68,70,72-74,76,78-93H2,1-5H3/p+1/b10-8-,11-9-,16-14-,17-15-,22-20-,23-21-,28-26-,29-27-,35-33-,41-39-,47-45-,53-51-,59-57-,65-63-,71-69-,77-75-. The van der Waals surface area contributed by atoms with E-state index in [1.807, 2.05) is 21.1 Å². The van der Waals surface area contributed by atoms with Gasteiger partial charge in [-0.25, -0.2) is 4.57 Å². The molecule has 9 nitrogen and oxygen atoms in total. The van der Waals surface area contributed by atoms with Crippen LogP contribution in [0.5, 0.6) is 0 Å². The van der Waals surface area contributed by atoms with E-state index in [1.54, 1.807) is 0 Å². The van der Waals surface area contributed by atoms with E-state index in [1.165, 1.54) is 167 Å². The highest BCUT2D eigenvalue weighted by Crippen LogP contribution is 2.43. The summed E-state index contributed by atoms with van der Waals surface area (Å²) in [5.41, 5.74) is 0. The molecule has 0 aromatic rings. The Hall–Kier alpha value is -5.15. The number of quaternary nitrogens is 1. The SMILES string of the molecule is CC/C=C\C/C=C\C/C=C\C/C=C\C/C=C\C/C=C\C/C=C\C/C=C\C/C=C\C/C=C\C/C=C\C/C=C\CCCCCCC(=O)OC(COC(=O)CCCCCCCCCCCCCCCCCCCCCCCCCCCCCC/C=C\C/C=C\C/C=C\C/C=C\CC)COP(=O)(O)OCC[N+](C)(C)C. The first kappa shape index (κ1) is 101. The molecule has 0 aromatic carbocycles. The highest BCUT2D eigenvalue weighted by molar-refractivity contribution is 7.47. The molecule has 0 aliphatic rings. The van der Waals surface area contributed by atoms with Gasteiger partial charge in [0.25, 0.3) is 0 Å². The maximum atomic E-state index is 12.9. The van der Waals surface area contributed by atoms with E-state index in [2.05, 4.69) is 208 Å². The molecule has 0 amide bonds. The maximum absolute atomic E-state index is 12.9. The van der Waals surface area contributed by atoms with E-state index >= 15 is 0 Å². The number of likely N-dealkylation sites (N-methyl/N-ethyl adjacent to an activating group) is 1. The van der Waals surface area contributed by atoms with Crippen LogP contribution in [0, 0.1) is 0 Å². The third-order valence-electron chi connectivity index (χ3n) is 18.1. The van der Waals surface area contributed by atoms with Gasteiger partial charge >= 0.3 is 19.8 Å². The fourth-order valence-corrected chi connectivity index (χ4v) is 12.4. The van der Waals surface area contributed by atoms with E-state index in [9.17, 15) is 19.0 Å². The van der Waals surface area contributed by atoms with Crippen LogP contribution in [-0.4, -0.2) is 74.9 Å². The number of carbonyl (C=O) groups excluding carboxylic acids is 2. The third-order valence-corrected chi connectivity index (χ3v) is 19.1. The Morgan fingerprint density at radius 3 is 0.755 bits per heavy atom. The summed E-state index contributed by atoms with van der Waals surface area (Å²) in [4.78, 5) is 36.0. The number of nitrogens with zero attached hydrogens (tertiary/aromatic N) is 1. The minimum atomic E-state index is -4.42. The minimum Gasteiger partial charge on any atom is -0.462 e. The van der Waals surface area contributed by atoms with Gasteiger partial charge in [-0.3, -0.25) is 18.6 Å². The lowest BCUT2D eigenvalue weighted by molar-refractivity contribution is -0.870. The highest BCUT2D eigenvalue weighted by Gasteiger charge is 2.27. The number of ether oxygens (including phenoxy) is 2. The average molecular weight is 1490 g/mol. The number of hydrogen-bond donors (Lipinski definition) is 1. The van der Waals surface area contributed by atoms with E-state index in [4.69, 9.17) is 18.5 Å². The summed E-state index contributed by atoms with van der Waals surface area (Å²) in [6.07, 6.45) is 130. The number of esters is 2.